The maximum absolute atomic E-state index is 4.42. The molecule has 0 aliphatic carbocycles. The normalized spacial score (nSPS) is 20.8. The standard InChI is InChI=1S/C16H29N3/c1-3-4-5-6-9-18-10-7-8-16(13-18)14-19-12-15(2)11-17-19/h11-12,16H,3-10,13-14H2,1-2H3/t16-/m1/s1. The smallest absolute Gasteiger partial charge is 0.0518 e. The minimum absolute atomic E-state index is 0.791. The minimum atomic E-state index is 0.791. The van der Waals surface area contributed by atoms with Crippen molar-refractivity contribution in [3.05, 3.63) is 18.0 Å². The molecule has 1 aromatic rings. The van der Waals surface area contributed by atoms with Crippen molar-refractivity contribution in [2.45, 2.75) is 58.9 Å². The van der Waals surface area contributed by atoms with Crippen LogP contribution in [0.2, 0.25) is 0 Å². The van der Waals surface area contributed by atoms with Crippen molar-refractivity contribution < 1.29 is 0 Å². The van der Waals surface area contributed by atoms with E-state index in [-0.39, 0.29) is 0 Å². The topological polar surface area (TPSA) is 21.1 Å². The Morgan fingerprint density at radius 1 is 1.32 bits per heavy atom. The van der Waals surface area contributed by atoms with E-state index in [4.69, 9.17) is 0 Å². The molecule has 0 bridgehead atoms. The van der Waals surface area contributed by atoms with Crippen LogP contribution in [0.4, 0.5) is 0 Å². The Balaban J connectivity index is 1.71. The predicted octanol–water partition coefficient (Wildman–Crippen LogP) is 3.48. The Hall–Kier alpha value is -0.830. The highest BCUT2D eigenvalue weighted by Crippen LogP contribution is 2.19. The summed E-state index contributed by atoms with van der Waals surface area (Å²) in [6.07, 6.45) is 12.4. The SMILES string of the molecule is CCCCCCN1CCC[C@@H](Cn2cc(C)cn2)C1. The second kappa shape index (κ2) is 7.68. The second-order valence-electron chi connectivity index (χ2n) is 6.11. The summed E-state index contributed by atoms with van der Waals surface area (Å²) in [7, 11) is 0. The summed E-state index contributed by atoms with van der Waals surface area (Å²) in [6.45, 7) is 9.37. The van der Waals surface area contributed by atoms with Gasteiger partial charge in [0.05, 0.1) is 6.20 Å². The number of piperidine rings is 1. The third-order valence-corrected chi connectivity index (χ3v) is 4.14. The minimum Gasteiger partial charge on any atom is -0.303 e. The number of aryl methyl sites for hydroxylation is 1. The zero-order chi connectivity index (χ0) is 13.5. The van der Waals surface area contributed by atoms with Gasteiger partial charge in [-0.3, -0.25) is 4.68 Å². The van der Waals surface area contributed by atoms with Gasteiger partial charge in [0, 0.05) is 19.3 Å². The van der Waals surface area contributed by atoms with Gasteiger partial charge in [-0.15, -0.1) is 0 Å². The fraction of sp³-hybridized carbons (Fsp3) is 0.812. The Bertz CT molecular complexity index is 359. The van der Waals surface area contributed by atoms with Crippen molar-refractivity contribution in [2.24, 2.45) is 5.92 Å². The summed E-state index contributed by atoms with van der Waals surface area (Å²) in [4.78, 5) is 2.67. The molecule has 0 unspecified atom stereocenters. The van der Waals surface area contributed by atoms with Gasteiger partial charge < -0.3 is 4.90 Å². The summed E-state index contributed by atoms with van der Waals surface area (Å²) in [5.74, 6) is 0.791. The fourth-order valence-corrected chi connectivity index (χ4v) is 3.10. The highest BCUT2D eigenvalue weighted by Gasteiger charge is 2.19. The summed E-state index contributed by atoms with van der Waals surface area (Å²) in [5.41, 5.74) is 1.27. The van der Waals surface area contributed by atoms with E-state index in [2.05, 4.69) is 34.7 Å². The monoisotopic (exact) mass is 263 g/mol. The molecule has 1 aliphatic heterocycles. The summed E-state index contributed by atoms with van der Waals surface area (Å²) >= 11 is 0. The van der Waals surface area contributed by atoms with Crippen LogP contribution in [0.25, 0.3) is 0 Å². The van der Waals surface area contributed by atoms with Crippen LogP contribution in [-0.2, 0) is 6.54 Å². The number of hydrogen-bond acceptors (Lipinski definition) is 2. The summed E-state index contributed by atoms with van der Waals surface area (Å²) < 4.78 is 2.13. The molecule has 108 valence electrons. The molecular formula is C16H29N3. The van der Waals surface area contributed by atoms with Gasteiger partial charge in [-0.25, -0.2) is 0 Å². The lowest BCUT2D eigenvalue weighted by Gasteiger charge is -2.32. The molecule has 1 aliphatic rings. The largest absolute Gasteiger partial charge is 0.303 e. The lowest BCUT2D eigenvalue weighted by Crippen LogP contribution is -2.37. The summed E-state index contributed by atoms with van der Waals surface area (Å²) in [5, 5.41) is 4.42. The highest BCUT2D eigenvalue weighted by atomic mass is 15.3. The van der Waals surface area contributed by atoms with E-state index >= 15 is 0 Å². The third-order valence-electron chi connectivity index (χ3n) is 4.14. The average molecular weight is 263 g/mol. The van der Waals surface area contributed by atoms with Crippen LogP contribution in [0, 0.1) is 12.8 Å². The first-order valence-electron chi connectivity index (χ1n) is 7.99. The fourth-order valence-electron chi connectivity index (χ4n) is 3.10. The van der Waals surface area contributed by atoms with Crippen LogP contribution in [0.15, 0.2) is 12.4 Å². The molecular weight excluding hydrogens is 234 g/mol. The first-order chi connectivity index (χ1) is 9.28. The van der Waals surface area contributed by atoms with Crippen molar-refractivity contribution in [2.75, 3.05) is 19.6 Å². The van der Waals surface area contributed by atoms with E-state index in [0.29, 0.717) is 0 Å². The van der Waals surface area contributed by atoms with Gasteiger partial charge in [0.15, 0.2) is 0 Å². The molecule has 0 saturated carbocycles. The van der Waals surface area contributed by atoms with Crippen LogP contribution in [0.3, 0.4) is 0 Å². The number of aromatic nitrogens is 2. The first kappa shape index (κ1) is 14.6. The van der Waals surface area contributed by atoms with E-state index in [9.17, 15) is 0 Å². The van der Waals surface area contributed by atoms with Gasteiger partial charge in [0.1, 0.15) is 0 Å². The number of hydrogen-bond donors (Lipinski definition) is 0. The molecule has 19 heavy (non-hydrogen) atoms. The molecule has 1 saturated heterocycles. The number of likely N-dealkylation sites (tertiary alicyclic amines) is 1. The van der Waals surface area contributed by atoms with Gasteiger partial charge >= 0.3 is 0 Å². The number of nitrogens with zero attached hydrogens (tertiary/aromatic N) is 3. The second-order valence-corrected chi connectivity index (χ2v) is 6.11. The van der Waals surface area contributed by atoms with Gasteiger partial charge in [-0.05, 0) is 50.8 Å². The molecule has 0 amide bonds. The maximum Gasteiger partial charge on any atom is 0.0518 e. The number of rotatable bonds is 7. The molecule has 3 nitrogen and oxygen atoms in total. The lowest BCUT2D eigenvalue weighted by molar-refractivity contribution is 0.157. The van der Waals surface area contributed by atoms with Gasteiger partial charge in [-0.2, -0.15) is 5.10 Å². The zero-order valence-electron chi connectivity index (χ0n) is 12.6. The number of unbranched alkanes of at least 4 members (excludes halogenated alkanes) is 3. The van der Waals surface area contributed by atoms with Crippen LogP contribution in [0.5, 0.6) is 0 Å². The van der Waals surface area contributed by atoms with Crippen molar-refractivity contribution in [1.29, 1.82) is 0 Å². The molecule has 1 fully saturated rings. The Kier molecular flexibility index (Phi) is 5.90. The zero-order valence-corrected chi connectivity index (χ0v) is 12.6. The van der Waals surface area contributed by atoms with Crippen LogP contribution in [0.1, 0.15) is 51.0 Å². The van der Waals surface area contributed by atoms with Crippen LogP contribution in [-0.4, -0.2) is 34.3 Å². The predicted molar refractivity (Wildman–Crippen MR) is 80.3 cm³/mol. The lowest BCUT2D eigenvalue weighted by atomic mass is 9.97. The first-order valence-corrected chi connectivity index (χ1v) is 7.99. The van der Waals surface area contributed by atoms with E-state index in [1.165, 1.54) is 63.7 Å². The Morgan fingerprint density at radius 2 is 2.21 bits per heavy atom. The Labute approximate surface area is 118 Å². The van der Waals surface area contributed by atoms with E-state index in [0.717, 1.165) is 12.5 Å². The maximum atomic E-state index is 4.42. The van der Waals surface area contributed by atoms with E-state index < -0.39 is 0 Å². The van der Waals surface area contributed by atoms with E-state index in [1.54, 1.807) is 0 Å². The van der Waals surface area contributed by atoms with Crippen LogP contribution < -0.4 is 0 Å². The van der Waals surface area contributed by atoms with Gasteiger partial charge in [0.2, 0.25) is 0 Å². The molecule has 0 aromatic carbocycles. The molecule has 1 aromatic heterocycles. The quantitative estimate of drug-likeness (QED) is 0.702. The van der Waals surface area contributed by atoms with Crippen molar-refractivity contribution in [3.63, 3.8) is 0 Å². The third kappa shape index (κ3) is 4.98. The molecule has 0 radical (unpaired) electrons. The van der Waals surface area contributed by atoms with Crippen molar-refractivity contribution >= 4 is 0 Å². The van der Waals surface area contributed by atoms with Crippen molar-refractivity contribution in [1.82, 2.24) is 14.7 Å². The molecule has 2 heterocycles. The van der Waals surface area contributed by atoms with Gasteiger partial charge in [-0.1, -0.05) is 26.2 Å². The molecule has 1 atom stereocenters. The highest BCUT2D eigenvalue weighted by molar-refractivity contribution is 4.99. The molecule has 0 spiro atoms. The average Bonchev–Trinajstić information content (AvgIpc) is 2.81. The Morgan fingerprint density at radius 3 is 2.95 bits per heavy atom. The summed E-state index contributed by atoms with van der Waals surface area (Å²) in [6, 6.07) is 0. The molecule has 2 rings (SSSR count). The van der Waals surface area contributed by atoms with Gasteiger partial charge in [0.25, 0.3) is 0 Å². The van der Waals surface area contributed by atoms with Crippen LogP contribution >= 0.6 is 0 Å². The molecule has 0 N–H and O–H groups in total. The molecule has 3 heteroatoms. The van der Waals surface area contributed by atoms with Crippen molar-refractivity contribution in [3.8, 4) is 0 Å². The van der Waals surface area contributed by atoms with E-state index in [1.807, 2.05) is 6.20 Å².